The predicted octanol–water partition coefficient (Wildman–Crippen LogP) is 3.40. The molecule has 0 radical (unpaired) electrons. The molecule has 94 valence electrons. The lowest BCUT2D eigenvalue weighted by Gasteiger charge is -2.07. The maximum Gasteiger partial charge on any atom is 0.271 e. The topological polar surface area (TPSA) is 42.0 Å². The number of pyridine rings is 1. The average molecular weight is 299 g/mol. The second kappa shape index (κ2) is 7.43. The molecule has 0 aliphatic carbocycles. The summed E-state index contributed by atoms with van der Waals surface area (Å²) in [7, 11) is 0. The normalized spacial score (nSPS) is 10.6. The van der Waals surface area contributed by atoms with Gasteiger partial charge in [-0.25, -0.2) is 4.98 Å². The first-order valence-corrected chi connectivity index (χ1v) is 6.79. The molecule has 0 spiro atoms. The molecule has 1 amide bonds. The Kier molecular flexibility index (Phi) is 6.19. The minimum Gasteiger partial charge on any atom is -0.351 e. The van der Waals surface area contributed by atoms with Crippen molar-refractivity contribution < 1.29 is 4.79 Å². The quantitative estimate of drug-likeness (QED) is 0.818. The first-order chi connectivity index (χ1) is 8.11. The predicted molar refractivity (Wildman–Crippen MR) is 73.0 cm³/mol. The van der Waals surface area contributed by atoms with E-state index in [2.05, 4.69) is 40.1 Å². The number of unbranched alkanes of at least 4 members (excludes halogenated alkanes) is 1. The number of nitrogens with zero attached hydrogens (tertiary/aromatic N) is 1. The van der Waals surface area contributed by atoms with Crippen LogP contribution in [0, 0.1) is 5.92 Å². The number of amides is 1. The first-order valence-electron chi connectivity index (χ1n) is 6.00. The zero-order chi connectivity index (χ0) is 12.7. The Bertz CT molecular complexity index is 366. The lowest BCUT2D eigenvalue weighted by Crippen LogP contribution is -2.25. The van der Waals surface area contributed by atoms with Crippen molar-refractivity contribution >= 4 is 21.8 Å². The van der Waals surface area contributed by atoms with Gasteiger partial charge in [-0.15, -0.1) is 0 Å². The summed E-state index contributed by atoms with van der Waals surface area (Å²) in [5.41, 5.74) is 0.455. The van der Waals surface area contributed by atoms with Crippen LogP contribution in [0.2, 0.25) is 0 Å². The lowest BCUT2D eigenvalue weighted by molar-refractivity contribution is 0.0947. The van der Waals surface area contributed by atoms with Crippen LogP contribution in [0.1, 0.15) is 43.6 Å². The third-order valence-electron chi connectivity index (χ3n) is 2.47. The molecule has 0 atom stereocenters. The summed E-state index contributed by atoms with van der Waals surface area (Å²) in [6.45, 7) is 5.14. The molecule has 0 aliphatic heterocycles. The fraction of sp³-hybridized carbons (Fsp3) is 0.538. The Morgan fingerprint density at radius 3 is 2.88 bits per heavy atom. The Hall–Kier alpha value is -0.900. The van der Waals surface area contributed by atoms with Crippen molar-refractivity contribution in [3.63, 3.8) is 0 Å². The van der Waals surface area contributed by atoms with Crippen molar-refractivity contribution in [2.45, 2.75) is 33.1 Å². The van der Waals surface area contributed by atoms with Crippen LogP contribution in [0.25, 0.3) is 0 Å². The van der Waals surface area contributed by atoms with Gasteiger partial charge in [-0.3, -0.25) is 4.79 Å². The second-order valence-corrected chi connectivity index (χ2v) is 5.33. The number of hydrogen-bond acceptors (Lipinski definition) is 2. The van der Waals surface area contributed by atoms with E-state index in [1.165, 1.54) is 6.42 Å². The van der Waals surface area contributed by atoms with Crippen molar-refractivity contribution in [2.75, 3.05) is 6.54 Å². The Morgan fingerprint density at radius 2 is 2.24 bits per heavy atom. The fourth-order valence-corrected chi connectivity index (χ4v) is 1.95. The molecule has 0 aliphatic rings. The SMILES string of the molecule is CC(C)CCCCNC(=O)c1ncccc1Br. The minimum absolute atomic E-state index is 0.109. The molecule has 0 saturated carbocycles. The highest BCUT2D eigenvalue weighted by molar-refractivity contribution is 9.10. The van der Waals surface area contributed by atoms with Crippen LogP contribution >= 0.6 is 15.9 Å². The van der Waals surface area contributed by atoms with Crippen molar-refractivity contribution in [1.82, 2.24) is 10.3 Å². The van der Waals surface area contributed by atoms with Gasteiger partial charge in [-0.05, 0) is 40.4 Å². The van der Waals surface area contributed by atoms with Crippen LogP contribution < -0.4 is 5.32 Å². The number of rotatable bonds is 6. The van der Waals surface area contributed by atoms with Crippen LogP contribution in [0.15, 0.2) is 22.8 Å². The van der Waals surface area contributed by atoms with Crippen molar-refractivity contribution in [2.24, 2.45) is 5.92 Å². The molecule has 0 bridgehead atoms. The summed E-state index contributed by atoms with van der Waals surface area (Å²) in [6.07, 6.45) is 5.01. The van der Waals surface area contributed by atoms with E-state index in [0.717, 1.165) is 23.2 Å². The first kappa shape index (κ1) is 14.2. The maximum atomic E-state index is 11.8. The summed E-state index contributed by atoms with van der Waals surface area (Å²) in [5, 5.41) is 2.88. The molecular weight excluding hydrogens is 280 g/mol. The molecule has 0 unspecified atom stereocenters. The van der Waals surface area contributed by atoms with Crippen molar-refractivity contribution in [3.8, 4) is 0 Å². The third-order valence-corrected chi connectivity index (χ3v) is 3.11. The van der Waals surface area contributed by atoms with E-state index in [4.69, 9.17) is 0 Å². The molecule has 1 heterocycles. The highest BCUT2D eigenvalue weighted by Gasteiger charge is 2.09. The number of aromatic nitrogens is 1. The number of carbonyl (C=O) groups excluding carboxylic acids is 1. The molecule has 0 fully saturated rings. The van der Waals surface area contributed by atoms with Gasteiger partial charge in [0.15, 0.2) is 0 Å². The maximum absolute atomic E-state index is 11.8. The van der Waals surface area contributed by atoms with Crippen LogP contribution in [-0.4, -0.2) is 17.4 Å². The van der Waals surface area contributed by atoms with E-state index in [9.17, 15) is 4.79 Å². The van der Waals surface area contributed by atoms with Gasteiger partial charge < -0.3 is 5.32 Å². The molecule has 17 heavy (non-hydrogen) atoms. The van der Waals surface area contributed by atoms with E-state index in [1.807, 2.05) is 6.07 Å². The van der Waals surface area contributed by atoms with Gasteiger partial charge in [0.25, 0.3) is 5.91 Å². The van der Waals surface area contributed by atoms with E-state index in [-0.39, 0.29) is 5.91 Å². The molecule has 1 aromatic heterocycles. The van der Waals surface area contributed by atoms with Crippen molar-refractivity contribution in [1.29, 1.82) is 0 Å². The minimum atomic E-state index is -0.109. The van der Waals surface area contributed by atoms with Gasteiger partial charge in [-0.1, -0.05) is 26.7 Å². The zero-order valence-electron chi connectivity index (χ0n) is 10.4. The average Bonchev–Trinajstić information content (AvgIpc) is 2.28. The standard InChI is InChI=1S/C13H19BrN2O/c1-10(2)6-3-4-8-16-13(17)12-11(14)7-5-9-15-12/h5,7,9-10H,3-4,6,8H2,1-2H3,(H,16,17). The monoisotopic (exact) mass is 298 g/mol. The van der Waals surface area contributed by atoms with Crippen molar-refractivity contribution in [3.05, 3.63) is 28.5 Å². The molecule has 3 nitrogen and oxygen atoms in total. The fourth-order valence-electron chi connectivity index (χ4n) is 1.52. The van der Waals surface area contributed by atoms with E-state index in [1.54, 1.807) is 12.3 Å². The highest BCUT2D eigenvalue weighted by Crippen LogP contribution is 2.12. The van der Waals surface area contributed by atoms with Gasteiger partial charge in [0.2, 0.25) is 0 Å². The second-order valence-electron chi connectivity index (χ2n) is 4.48. The highest BCUT2D eigenvalue weighted by atomic mass is 79.9. The van der Waals surface area contributed by atoms with E-state index >= 15 is 0 Å². The summed E-state index contributed by atoms with van der Waals surface area (Å²) >= 11 is 3.32. The summed E-state index contributed by atoms with van der Waals surface area (Å²) < 4.78 is 0.736. The Balaban J connectivity index is 2.29. The van der Waals surface area contributed by atoms with Gasteiger partial charge in [0.1, 0.15) is 5.69 Å². The number of hydrogen-bond donors (Lipinski definition) is 1. The summed E-state index contributed by atoms with van der Waals surface area (Å²) in [4.78, 5) is 15.8. The Morgan fingerprint density at radius 1 is 1.47 bits per heavy atom. The molecule has 1 aromatic rings. The number of carbonyl (C=O) groups is 1. The zero-order valence-corrected chi connectivity index (χ0v) is 12.0. The van der Waals surface area contributed by atoms with Crippen LogP contribution in [-0.2, 0) is 0 Å². The van der Waals surface area contributed by atoms with Crippen LogP contribution in [0.3, 0.4) is 0 Å². The molecular formula is C13H19BrN2O. The smallest absolute Gasteiger partial charge is 0.271 e. The largest absolute Gasteiger partial charge is 0.351 e. The molecule has 0 saturated heterocycles. The Labute approximate surface area is 111 Å². The van der Waals surface area contributed by atoms with Crippen LogP contribution in [0.4, 0.5) is 0 Å². The van der Waals surface area contributed by atoms with Gasteiger partial charge >= 0.3 is 0 Å². The van der Waals surface area contributed by atoms with E-state index < -0.39 is 0 Å². The number of nitrogens with one attached hydrogen (secondary N) is 1. The summed E-state index contributed by atoms with van der Waals surface area (Å²) in [6, 6.07) is 3.62. The van der Waals surface area contributed by atoms with E-state index in [0.29, 0.717) is 12.2 Å². The van der Waals surface area contributed by atoms with Gasteiger partial charge in [0, 0.05) is 17.2 Å². The number of halogens is 1. The molecule has 1 N–H and O–H groups in total. The summed E-state index contributed by atoms with van der Waals surface area (Å²) in [5.74, 6) is 0.623. The van der Waals surface area contributed by atoms with Gasteiger partial charge in [-0.2, -0.15) is 0 Å². The molecule has 0 aromatic carbocycles. The third kappa shape index (κ3) is 5.31. The lowest BCUT2D eigenvalue weighted by atomic mass is 10.1. The van der Waals surface area contributed by atoms with Crippen LogP contribution in [0.5, 0.6) is 0 Å². The van der Waals surface area contributed by atoms with Gasteiger partial charge in [0.05, 0.1) is 0 Å². The molecule has 1 rings (SSSR count). The molecule has 4 heteroatoms.